The molecule has 2 rings (SSSR count). The molecule has 2 N–H and O–H groups in total. The minimum absolute atomic E-state index is 0.269. The van der Waals surface area contributed by atoms with E-state index in [0.29, 0.717) is 11.3 Å². The van der Waals surface area contributed by atoms with Gasteiger partial charge in [0.1, 0.15) is 0 Å². The molecule has 5 nitrogen and oxygen atoms in total. The van der Waals surface area contributed by atoms with Crippen molar-refractivity contribution in [3.05, 3.63) is 21.9 Å². The molecule has 5 heteroatoms. The van der Waals surface area contributed by atoms with E-state index >= 15 is 0 Å². The van der Waals surface area contributed by atoms with Gasteiger partial charge < -0.3 is 0 Å². The summed E-state index contributed by atoms with van der Waals surface area (Å²) in [5.41, 5.74) is 2.43. The summed E-state index contributed by atoms with van der Waals surface area (Å²) in [6.07, 6.45) is 0. The maximum absolute atomic E-state index is 10.8. The highest BCUT2D eigenvalue weighted by atomic mass is 16.1. The topological polar surface area (TPSA) is 74.4 Å². The normalized spacial score (nSPS) is 10.8. The number of hydrogen-bond acceptors (Lipinski definition) is 3. The lowest BCUT2D eigenvalue weighted by atomic mass is 10.3. The Bertz CT molecular complexity index is 440. The van der Waals surface area contributed by atoms with E-state index in [0.717, 1.165) is 11.4 Å². The molecule has 0 radical (unpaired) electrons. The number of nitrogens with zero attached hydrogens (tertiary/aromatic N) is 2. The van der Waals surface area contributed by atoms with E-state index in [1.807, 2.05) is 13.8 Å². The van der Waals surface area contributed by atoms with Crippen molar-refractivity contribution in [1.82, 2.24) is 19.9 Å². The molecule has 0 aromatic carbocycles. The number of aromatic nitrogens is 4. The van der Waals surface area contributed by atoms with Crippen LogP contribution < -0.4 is 5.69 Å². The van der Waals surface area contributed by atoms with E-state index in [1.165, 1.54) is 0 Å². The van der Waals surface area contributed by atoms with Gasteiger partial charge in [-0.3, -0.25) is 9.97 Å². The molecule has 0 bridgehead atoms. The van der Waals surface area contributed by atoms with Gasteiger partial charge in [-0.25, -0.2) is 14.8 Å². The van der Waals surface area contributed by atoms with Gasteiger partial charge in [0.15, 0.2) is 11.3 Å². The fourth-order valence-electron chi connectivity index (χ4n) is 1.02. The molecule has 0 unspecified atom stereocenters. The van der Waals surface area contributed by atoms with E-state index in [9.17, 15) is 4.79 Å². The third-order valence-electron chi connectivity index (χ3n) is 1.77. The summed E-state index contributed by atoms with van der Waals surface area (Å²) in [5, 5.41) is 0. The van der Waals surface area contributed by atoms with Crippen LogP contribution >= 0.6 is 0 Å². The molecule has 0 atom stereocenters. The molecule has 0 aliphatic rings. The van der Waals surface area contributed by atoms with Crippen LogP contribution in [0.2, 0.25) is 0 Å². The Hall–Kier alpha value is -1.65. The van der Waals surface area contributed by atoms with Gasteiger partial charge in [0.2, 0.25) is 0 Å². The van der Waals surface area contributed by atoms with E-state index < -0.39 is 0 Å². The van der Waals surface area contributed by atoms with Gasteiger partial charge in [-0.1, -0.05) is 0 Å². The number of rotatable bonds is 0. The number of fused-ring (bicyclic) bond motifs is 1. The number of aromatic amines is 2. The molecule has 2 aromatic rings. The van der Waals surface area contributed by atoms with Gasteiger partial charge in [0.05, 0.1) is 11.4 Å². The van der Waals surface area contributed by atoms with Crippen molar-refractivity contribution < 1.29 is 0 Å². The van der Waals surface area contributed by atoms with Crippen molar-refractivity contribution in [2.75, 3.05) is 0 Å². The lowest BCUT2D eigenvalue weighted by molar-refractivity contribution is 1.09. The zero-order valence-corrected chi connectivity index (χ0v) is 6.80. The quantitative estimate of drug-likeness (QED) is 0.586. The van der Waals surface area contributed by atoms with Crippen LogP contribution in [0.1, 0.15) is 11.4 Å². The van der Waals surface area contributed by atoms with Crippen LogP contribution in [-0.2, 0) is 0 Å². The van der Waals surface area contributed by atoms with Crippen molar-refractivity contribution in [2.45, 2.75) is 13.8 Å². The van der Waals surface area contributed by atoms with E-state index in [1.54, 1.807) is 0 Å². The van der Waals surface area contributed by atoms with E-state index in [4.69, 9.17) is 0 Å². The molecule has 0 saturated carbocycles. The van der Waals surface area contributed by atoms with Crippen molar-refractivity contribution in [2.24, 2.45) is 0 Å². The molecule has 0 saturated heterocycles. The standard InChI is InChI=1S/C7H8N4O/c1-3-4(2)9-6-5(8-3)10-7(12)11-6/h1-2H3,(H2,8,9,10,11,12). The molecule has 0 spiro atoms. The Labute approximate surface area is 67.9 Å². The lowest BCUT2D eigenvalue weighted by Gasteiger charge is -1.95. The predicted molar refractivity (Wildman–Crippen MR) is 44.0 cm³/mol. The number of hydrogen-bond donors (Lipinski definition) is 2. The molecule has 0 aliphatic heterocycles. The van der Waals surface area contributed by atoms with Gasteiger partial charge in [-0.05, 0) is 13.8 Å². The molecule has 0 fully saturated rings. The highest BCUT2D eigenvalue weighted by Crippen LogP contribution is 2.04. The van der Waals surface area contributed by atoms with Crippen LogP contribution in [0, 0.1) is 13.8 Å². The van der Waals surface area contributed by atoms with Crippen LogP contribution in [0.3, 0.4) is 0 Å². The van der Waals surface area contributed by atoms with Gasteiger partial charge in [0.25, 0.3) is 0 Å². The molecule has 12 heavy (non-hydrogen) atoms. The third kappa shape index (κ3) is 0.903. The maximum atomic E-state index is 10.8. The summed E-state index contributed by atoms with van der Waals surface area (Å²) in [7, 11) is 0. The summed E-state index contributed by atoms with van der Waals surface area (Å²) >= 11 is 0. The first-order valence-corrected chi connectivity index (χ1v) is 3.60. The van der Waals surface area contributed by atoms with Crippen molar-refractivity contribution >= 4 is 11.3 Å². The lowest BCUT2D eigenvalue weighted by Crippen LogP contribution is -1.99. The summed E-state index contributed by atoms with van der Waals surface area (Å²) in [4.78, 5) is 24.2. The van der Waals surface area contributed by atoms with Gasteiger partial charge in [0, 0.05) is 0 Å². The molecular formula is C7H8N4O. The molecule has 0 amide bonds. The highest BCUT2D eigenvalue weighted by Gasteiger charge is 2.02. The molecule has 62 valence electrons. The number of imidazole rings is 1. The molecular weight excluding hydrogens is 156 g/mol. The average Bonchev–Trinajstić information content (AvgIpc) is 2.30. The summed E-state index contributed by atoms with van der Waals surface area (Å²) < 4.78 is 0. The highest BCUT2D eigenvalue weighted by molar-refractivity contribution is 5.64. The fourth-order valence-corrected chi connectivity index (χ4v) is 1.02. The second kappa shape index (κ2) is 2.17. The maximum Gasteiger partial charge on any atom is 0.326 e. The van der Waals surface area contributed by atoms with E-state index in [-0.39, 0.29) is 5.69 Å². The smallest absolute Gasteiger partial charge is 0.289 e. The van der Waals surface area contributed by atoms with Crippen LogP contribution in [0.25, 0.3) is 11.3 Å². The van der Waals surface area contributed by atoms with Gasteiger partial charge in [-0.15, -0.1) is 0 Å². The number of nitrogens with one attached hydrogen (secondary N) is 2. The number of H-pyrrole nitrogens is 2. The first-order valence-electron chi connectivity index (χ1n) is 3.60. The summed E-state index contributed by atoms with van der Waals surface area (Å²) in [5.74, 6) is 0. The monoisotopic (exact) mass is 164 g/mol. The summed E-state index contributed by atoms with van der Waals surface area (Å²) in [6.45, 7) is 3.71. The molecule has 2 aromatic heterocycles. The zero-order chi connectivity index (χ0) is 8.72. The van der Waals surface area contributed by atoms with Crippen molar-refractivity contribution in [1.29, 1.82) is 0 Å². The van der Waals surface area contributed by atoms with Crippen LogP contribution in [-0.4, -0.2) is 19.9 Å². The Morgan fingerprint density at radius 3 is 1.83 bits per heavy atom. The number of aryl methyl sites for hydroxylation is 2. The third-order valence-corrected chi connectivity index (χ3v) is 1.77. The largest absolute Gasteiger partial charge is 0.326 e. The SMILES string of the molecule is Cc1nc2[nH]c(=O)[nH]c2nc1C. The second-order valence-electron chi connectivity index (χ2n) is 2.67. The Morgan fingerprint density at radius 2 is 1.42 bits per heavy atom. The van der Waals surface area contributed by atoms with Crippen LogP contribution in [0.4, 0.5) is 0 Å². The molecule has 2 heterocycles. The first-order chi connectivity index (χ1) is 5.66. The average molecular weight is 164 g/mol. The van der Waals surface area contributed by atoms with Gasteiger partial charge in [-0.2, -0.15) is 0 Å². The van der Waals surface area contributed by atoms with Crippen molar-refractivity contribution in [3.8, 4) is 0 Å². The van der Waals surface area contributed by atoms with Crippen LogP contribution in [0.15, 0.2) is 4.79 Å². The fraction of sp³-hybridized carbons (Fsp3) is 0.286. The zero-order valence-electron chi connectivity index (χ0n) is 6.80. The second-order valence-corrected chi connectivity index (χ2v) is 2.67. The Kier molecular flexibility index (Phi) is 1.27. The Morgan fingerprint density at radius 1 is 1.00 bits per heavy atom. The van der Waals surface area contributed by atoms with E-state index in [2.05, 4.69) is 19.9 Å². The van der Waals surface area contributed by atoms with Crippen LogP contribution in [0.5, 0.6) is 0 Å². The minimum Gasteiger partial charge on any atom is -0.289 e. The molecule has 0 aliphatic carbocycles. The Balaban J connectivity index is 2.92. The predicted octanol–water partition coefficient (Wildman–Crippen LogP) is 0.263. The minimum atomic E-state index is -0.269. The first kappa shape index (κ1) is 7.02. The summed E-state index contributed by atoms with van der Waals surface area (Å²) in [6, 6.07) is 0. The van der Waals surface area contributed by atoms with Gasteiger partial charge >= 0.3 is 5.69 Å². The van der Waals surface area contributed by atoms with Crippen molar-refractivity contribution in [3.63, 3.8) is 0 Å².